The first-order valence-corrected chi connectivity index (χ1v) is 8.17. The van der Waals surface area contributed by atoms with Gasteiger partial charge in [-0.3, -0.25) is 4.79 Å². The number of nitrogens with one attached hydrogen (secondary N) is 1. The van der Waals surface area contributed by atoms with Gasteiger partial charge in [0, 0.05) is 48.3 Å². The Balaban J connectivity index is 1.89. The molecule has 23 heavy (non-hydrogen) atoms. The molecule has 0 bridgehead atoms. The Bertz CT molecular complexity index is 875. The summed E-state index contributed by atoms with van der Waals surface area (Å²) in [6.07, 6.45) is 1.07. The molecule has 0 saturated carbocycles. The molecule has 0 aliphatic carbocycles. The molecule has 1 aromatic heterocycles. The third-order valence-electron chi connectivity index (χ3n) is 4.68. The number of carbonyl (C=O) groups excluding carboxylic acids is 1. The molecule has 1 aliphatic rings. The predicted octanol–water partition coefficient (Wildman–Crippen LogP) is 3.66. The Hall–Kier alpha value is -2.39. The zero-order chi connectivity index (χ0) is 15.8. The molecule has 2 heterocycles. The van der Waals surface area contributed by atoms with E-state index in [1.165, 1.54) is 27.7 Å². The maximum Gasteiger partial charge on any atom is 0.159 e. The summed E-state index contributed by atoms with van der Waals surface area (Å²) in [6, 6.07) is 16.8. The van der Waals surface area contributed by atoms with Crippen molar-refractivity contribution >= 4 is 16.7 Å². The number of nitrogens with zero attached hydrogens (tertiary/aromatic N) is 1. The Kier molecular flexibility index (Phi) is 3.50. The first-order chi connectivity index (χ1) is 11.2. The second-order valence-corrected chi connectivity index (χ2v) is 6.16. The average molecular weight is 304 g/mol. The molecule has 1 aliphatic heterocycles. The van der Waals surface area contributed by atoms with E-state index in [9.17, 15) is 4.79 Å². The minimum absolute atomic E-state index is 0.109. The van der Waals surface area contributed by atoms with Gasteiger partial charge in [-0.15, -0.1) is 0 Å². The van der Waals surface area contributed by atoms with Crippen LogP contribution in [-0.2, 0) is 13.0 Å². The number of carbonyl (C=O) groups is 1. The van der Waals surface area contributed by atoms with Gasteiger partial charge < -0.3 is 9.88 Å². The van der Waals surface area contributed by atoms with Gasteiger partial charge in [0.05, 0.1) is 5.52 Å². The van der Waals surface area contributed by atoms with Gasteiger partial charge in [-0.05, 0) is 18.6 Å². The summed E-state index contributed by atoms with van der Waals surface area (Å²) in [5.41, 5.74) is 5.88. The van der Waals surface area contributed by atoms with E-state index in [1.54, 1.807) is 6.92 Å². The highest BCUT2D eigenvalue weighted by atomic mass is 16.1. The number of hydrogen-bond acceptors (Lipinski definition) is 2. The van der Waals surface area contributed by atoms with Gasteiger partial charge in [-0.2, -0.15) is 0 Å². The molecule has 0 unspecified atom stereocenters. The zero-order valence-corrected chi connectivity index (χ0v) is 13.3. The zero-order valence-electron chi connectivity index (χ0n) is 13.3. The monoisotopic (exact) mass is 304 g/mol. The largest absolute Gasteiger partial charge is 0.343 e. The van der Waals surface area contributed by atoms with Gasteiger partial charge in [-0.1, -0.05) is 42.5 Å². The number of benzene rings is 2. The SMILES string of the molecule is CC(=O)c1ccc(-c2cccc3cc4n(c23)CCNCC4)cc1. The molecule has 0 spiro atoms. The van der Waals surface area contributed by atoms with Crippen molar-refractivity contribution < 1.29 is 4.79 Å². The molecule has 3 aromatic rings. The topological polar surface area (TPSA) is 34.0 Å². The number of fused-ring (bicyclic) bond motifs is 3. The smallest absolute Gasteiger partial charge is 0.159 e. The Morgan fingerprint density at radius 2 is 1.91 bits per heavy atom. The number of ketones is 1. The van der Waals surface area contributed by atoms with Gasteiger partial charge in [0.1, 0.15) is 0 Å². The van der Waals surface area contributed by atoms with Crippen LogP contribution in [0.1, 0.15) is 23.0 Å². The van der Waals surface area contributed by atoms with Crippen molar-refractivity contribution in [2.75, 3.05) is 13.1 Å². The van der Waals surface area contributed by atoms with Crippen LogP contribution in [0.15, 0.2) is 48.5 Å². The summed E-state index contributed by atoms with van der Waals surface area (Å²) in [5, 5.41) is 4.77. The van der Waals surface area contributed by atoms with Crippen molar-refractivity contribution in [1.29, 1.82) is 0 Å². The van der Waals surface area contributed by atoms with E-state index in [1.807, 2.05) is 12.1 Å². The fraction of sp³-hybridized carbons (Fsp3) is 0.250. The lowest BCUT2D eigenvalue weighted by atomic mass is 10.0. The van der Waals surface area contributed by atoms with Crippen molar-refractivity contribution in [3.8, 4) is 11.1 Å². The van der Waals surface area contributed by atoms with E-state index in [0.29, 0.717) is 0 Å². The van der Waals surface area contributed by atoms with Gasteiger partial charge in [0.25, 0.3) is 0 Å². The molecule has 3 heteroatoms. The average Bonchev–Trinajstić information content (AvgIpc) is 2.76. The highest BCUT2D eigenvalue weighted by Crippen LogP contribution is 2.32. The van der Waals surface area contributed by atoms with Crippen LogP contribution in [0.25, 0.3) is 22.0 Å². The number of hydrogen-bond donors (Lipinski definition) is 1. The maximum atomic E-state index is 11.5. The van der Waals surface area contributed by atoms with Crippen LogP contribution in [0, 0.1) is 0 Å². The summed E-state index contributed by atoms with van der Waals surface area (Å²) in [5.74, 6) is 0.109. The first-order valence-electron chi connectivity index (χ1n) is 8.17. The van der Waals surface area contributed by atoms with Crippen molar-refractivity contribution in [3.05, 3.63) is 59.8 Å². The molecule has 2 aromatic carbocycles. The van der Waals surface area contributed by atoms with Crippen molar-refractivity contribution in [2.45, 2.75) is 19.9 Å². The van der Waals surface area contributed by atoms with Crippen LogP contribution < -0.4 is 5.32 Å². The highest BCUT2D eigenvalue weighted by molar-refractivity contribution is 5.97. The van der Waals surface area contributed by atoms with Gasteiger partial charge in [-0.25, -0.2) is 0 Å². The molecule has 3 nitrogen and oxygen atoms in total. The molecule has 0 fully saturated rings. The molecule has 116 valence electrons. The second kappa shape index (κ2) is 5.67. The fourth-order valence-electron chi connectivity index (χ4n) is 3.49. The summed E-state index contributed by atoms with van der Waals surface area (Å²) in [6.45, 7) is 4.66. The number of Topliss-reactive ketones (excluding diaryl/α,β-unsaturated/α-hetero) is 1. The highest BCUT2D eigenvalue weighted by Gasteiger charge is 2.15. The number of rotatable bonds is 2. The summed E-state index contributed by atoms with van der Waals surface area (Å²) in [7, 11) is 0. The van der Waals surface area contributed by atoms with Crippen LogP contribution in [0.2, 0.25) is 0 Å². The lowest BCUT2D eigenvalue weighted by Gasteiger charge is -2.11. The van der Waals surface area contributed by atoms with E-state index >= 15 is 0 Å². The maximum absolute atomic E-state index is 11.5. The van der Waals surface area contributed by atoms with Crippen molar-refractivity contribution in [3.63, 3.8) is 0 Å². The van der Waals surface area contributed by atoms with Crippen LogP contribution in [0.5, 0.6) is 0 Å². The second-order valence-electron chi connectivity index (χ2n) is 6.16. The van der Waals surface area contributed by atoms with Crippen LogP contribution in [-0.4, -0.2) is 23.4 Å². The predicted molar refractivity (Wildman–Crippen MR) is 94.0 cm³/mol. The van der Waals surface area contributed by atoms with Gasteiger partial charge in [0.2, 0.25) is 0 Å². The summed E-state index contributed by atoms with van der Waals surface area (Å²) >= 11 is 0. The number of para-hydroxylation sites is 1. The molecule has 1 N–H and O–H groups in total. The van der Waals surface area contributed by atoms with Crippen LogP contribution in [0.4, 0.5) is 0 Å². The quantitative estimate of drug-likeness (QED) is 0.733. The normalized spacial score (nSPS) is 14.5. The first kappa shape index (κ1) is 14.2. The van der Waals surface area contributed by atoms with Gasteiger partial charge >= 0.3 is 0 Å². The molecule has 0 saturated heterocycles. The van der Waals surface area contributed by atoms with Crippen molar-refractivity contribution in [2.24, 2.45) is 0 Å². The lowest BCUT2D eigenvalue weighted by Crippen LogP contribution is -2.17. The Labute approximate surface area is 135 Å². The molecule has 4 rings (SSSR count). The summed E-state index contributed by atoms with van der Waals surface area (Å²) < 4.78 is 2.45. The lowest BCUT2D eigenvalue weighted by molar-refractivity contribution is 0.101. The summed E-state index contributed by atoms with van der Waals surface area (Å²) in [4.78, 5) is 11.5. The molecule has 0 atom stereocenters. The minimum atomic E-state index is 0.109. The van der Waals surface area contributed by atoms with E-state index in [-0.39, 0.29) is 5.78 Å². The van der Waals surface area contributed by atoms with E-state index in [4.69, 9.17) is 0 Å². The van der Waals surface area contributed by atoms with Gasteiger partial charge in [0.15, 0.2) is 5.78 Å². The van der Waals surface area contributed by atoms with Crippen LogP contribution in [0.3, 0.4) is 0 Å². The van der Waals surface area contributed by atoms with E-state index < -0.39 is 0 Å². The molecule has 0 amide bonds. The third-order valence-corrected chi connectivity index (χ3v) is 4.68. The van der Waals surface area contributed by atoms with Crippen molar-refractivity contribution in [1.82, 2.24) is 9.88 Å². The Morgan fingerprint density at radius 1 is 1.09 bits per heavy atom. The van der Waals surface area contributed by atoms with E-state index in [2.05, 4.69) is 46.3 Å². The third kappa shape index (κ3) is 2.47. The minimum Gasteiger partial charge on any atom is -0.343 e. The number of aromatic nitrogens is 1. The molecule has 0 radical (unpaired) electrons. The van der Waals surface area contributed by atoms with E-state index in [0.717, 1.165) is 31.6 Å². The Morgan fingerprint density at radius 3 is 2.70 bits per heavy atom. The standard InChI is InChI=1S/C20H20N2O/c1-14(23)15-5-7-16(8-6-15)19-4-2-3-17-13-18-9-10-21-11-12-22(18)20(17)19/h2-8,13,21H,9-12H2,1H3. The fourth-order valence-corrected chi connectivity index (χ4v) is 3.49. The molecular formula is C20H20N2O. The van der Waals surface area contributed by atoms with Crippen LogP contribution >= 0.6 is 0 Å². The molecular weight excluding hydrogens is 284 g/mol.